The Morgan fingerprint density at radius 1 is 1.06 bits per heavy atom. The first kappa shape index (κ1) is 28.8. The van der Waals surface area contributed by atoms with Crippen molar-refractivity contribution < 1.29 is 26.0 Å². The molecule has 0 aliphatic heterocycles. The van der Waals surface area contributed by atoms with E-state index < -0.39 is 25.9 Å². The van der Waals surface area contributed by atoms with Gasteiger partial charge in [0.15, 0.2) is 0 Å². The summed E-state index contributed by atoms with van der Waals surface area (Å²) in [6, 6.07) is 13.3. The number of nitrogens with one attached hydrogen (secondary N) is 1. The Balaban J connectivity index is 0.00000432. The van der Waals surface area contributed by atoms with Gasteiger partial charge in [-0.3, -0.25) is 4.31 Å². The zero-order chi connectivity index (χ0) is 24.9. The molecule has 3 rings (SSSR count). The van der Waals surface area contributed by atoms with Gasteiger partial charge in [0.25, 0.3) is 10.0 Å². The largest absolute Gasteiger partial charge is 0.385 e. The predicted molar refractivity (Wildman–Crippen MR) is 138 cm³/mol. The fourth-order valence-electron chi connectivity index (χ4n) is 3.61. The number of hydrogen-bond acceptors (Lipinski definition) is 6. The number of aromatic nitrogens is 1. The molecule has 0 bridgehead atoms. The molecule has 0 aliphatic carbocycles. The van der Waals surface area contributed by atoms with Crippen LogP contribution in [0.2, 0.25) is 0 Å². The summed E-state index contributed by atoms with van der Waals surface area (Å²) in [5, 5.41) is 2.96. The lowest BCUT2D eigenvalue weighted by molar-refractivity contribution is 0.197. The monoisotopic (exact) mass is 545 g/mol. The van der Waals surface area contributed by atoms with Crippen molar-refractivity contribution in [2.45, 2.75) is 17.9 Å². The van der Waals surface area contributed by atoms with Crippen molar-refractivity contribution in [1.82, 2.24) is 9.29 Å². The predicted octanol–water partition coefficient (Wildman–Crippen LogP) is 3.47. The number of sulfonamides is 1. The van der Waals surface area contributed by atoms with Gasteiger partial charge >= 0.3 is 0 Å². The van der Waals surface area contributed by atoms with Crippen molar-refractivity contribution in [2.75, 3.05) is 37.9 Å². The molecular formula is C23H29ClFN3O5S2. The number of anilines is 1. The molecule has 2 aromatic carbocycles. The molecule has 0 atom stereocenters. The van der Waals surface area contributed by atoms with Crippen LogP contribution >= 0.6 is 12.4 Å². The van der Waals surface area contributed by atoms with Crippen molar-refractivity contribution in [3.8, 4) is 11.3 Å². The van der Waals surface area contributed by atoms with Gasteiger partial charge in [-0.25, -0.2) is 25.2 Å². The van der Waals surface area contributed by atoms with E-state index in [1.165, 1.54) is 55.8 Å². The van der Waals surface area contributed by atoms with Crippen molar-refractivity contribution in [3.05, 3.63) is 72.2 Å². The summed E-state index contributed by atoms with van der Waals surface area (Å²) in [4.78, 5) is -0.116. The van der Waals surface area contributed by atoms with Crippen molar-refractivity contribution in [1.29, 1.82) is 0 Å². The summed E-state index contributed by atoms with van der Waals surface area (Å²) in [6.07, 6.45) is 2.93. The minimum Gasteiger partial charge on any atom is -0.385 e. The Morgan fingerprint density at radius 3 is 2.40 bits per heavy atom. The topological polar surface area (TPSA) is 97.7 Å². The first-order chi connectivity index (χ1) is 16.1. The van der Waals surface area contributed by atoms with E-state index in [1.54, 1.807) is 19.2 Å². The Hall–Kier alpha value is -2.44. The molecule has 1 N–H and O–H groups in total. The van der Waals surface area contributed by atoms with E-state index in [2.05, 4.69) is 5.32 Å². The highest BCUT2D eigenvalue weighted by Crippen LogP contribution is 2.30. The molecule has 0 unspecified atom stereocenters. The number of halogens is 2. The third kappa shape index (κ3) is 6.62. The normalized spacial score (nSPS) is 11.8. The Morgan fingerprint density at radius 2 is 1.77 bits per heavy atom. The smallest absolute Gasteiger partial charge is 0.268 e. The SMILES string of the molecule is CNCc1cc(-c2ccccc2F)n(S(=O)(=O)c2cccc(N(CCCOC)S(C)(=O)=O)c2)c1.Cl. The van der Waals surface area contributed by atoms with E-state index in [-0.39, 0.29) is 40.8 Å². The molecule has 0 fully saturated rings. The van der Waals surface area contributed by atoms with Crippen LogP contribution in [0.15, 0.2) is 65.7 Å². The van der Waals surface area contributed by atoms with Gasteiger partial charge in [-0.15, -0.1) is 12.4 Å². The molecule has 1 aromatic heterocycles. The van der Waals surface area contributed by atoms with Crippen molar-refractivity contribution in [3.63, 3.8) is 0 Å². The van der Waals surface area contributed by atoms with E-state index in [4.69, 9.17) is 4.74 Å². The quantitative estimate of drug-likeness (QED) is 0.371. The number of nitrogens with zero attached hydrogens (tertiary/aromatic N) is 2. The lowest BCUT2D eigenvalue weighted by Crippen LogP contribution is -2.31. The molecule has 0 amide bonds. The van der Waals surface area contributed by atoms with Crippen LogP contribution in [0.1, 0.15) is 12.0 Å². The first-order valence-electron chi connectivity index (χ1n) is 10.5. The number of benzene rings is 2. The van der Waals surface area contributed by atoms with Gasteiger partial charge in [0, 0.05) is 38.6 Å². The second-order valence-corrected chi connectivity index (χ2v) is 11.4. The van der Waals surface area contributed by atoms with Gasteiger partial charge in [0.1, 0.15) is 5.82 Å². The Labute approximate surface area is 212 Å². The maximum atomic E-state index is 14.6. The summed E-state index contributed by atoms with van der Waals surface area (Å²) in [7, 11) is -4.61. The van der Waals surface area contributed by atoms with E-state index in [0.717, 1.165) is 14.5 Å². The Bertz CT molecular complexity index is 1360. The highest BCUT2D eigenvalue weighted by atomic mass is 35.5. The molecule has 12 heteroatoms. The molecule has 0 spiro atoms. The van der Waals surface area contributed by atoms with E-state index >= 15 is 0 Å². The first-order valence-corrected chi connectivity index (χ1v) is 13.8. The van der Waals surface area contributed by atoms with Crippen LogP contribution in [0.3, 0.4) is 0 Å². The van der Waals surface area contributed by atoms with Gasteiger partial charge in [0.2, 0.25) is 10.0 Å². The second kappa shape index (κ2) is 12.0. The van der Waals surface area contributed by atoms with Crippen LogP contribution in [-0.2, 0) is 31.3 Å². The zero-order valence-corrected chi connectivity index (χ0v) is 22.1. The second-order valence-electron chi connectivity index (χ2n) is 7.72. The van der Waals surface area contributed by atoms with Gasteiger partial charge < -0.3 is 10.1 Å². The average Bonchev–Trinajstić information content (AvgIpc) is 3.21. The Kier molecular flexibility index (Phi) is 9.87. The van der Waals surface area contributed by atoms with Crippen LogP contribution in [0, 0.1) is 5.82 Å². The average molecular weight is 546 g/mol. The van der Waals surface area contributed by atoms with Crippen molar-refractivity contribution >= 4 is 38.1 Å². The molecule has 0 saturated heterocycles. The number of methoxy groups -OCH3 is 1. The molecule has 3 aromatic rings. The molecule has 0 saturated carbocycles. The third-order valence-corrected chi connectivity index (χ3v) is 8.01. The van der Waals surface area contributed by atoms with Crippen LogP contribution in [0.4, 0.5) is 10.1 Å². The minimum atomic E-state index is -4.18. The maximum Gasteiger partial charge on any atom is 0.268 e. The van der Waals surface area contributed by atoms with Gasteiger partial charge in [-0.1, -0.05) is 18.2 Å². The lowest BCUT2D eigenvalue weighted by Gasteiger charge is -2.23. The fraction of sp³-hybridized carbons (Fsp3) is 0.304. The molecule has 8 nitrogen and oxygen atoms in total. The third-order valence-electron chi connectivity index (χ3n) is 5.15. The molecule has 35 heavy (non-hydrogen) atoms. The fourth-order valence-corrected chi connectivity index (χ4v) is 6.00. The van der Waals surface area contributed by atoms with Crippen LogP contribution in [-0.4, -0.2) is 54.4 Å². The van der Waals surface area contributed by atoms with E-state index in [1.807, 2.05) is 0 Å². The summed E-state index contributed by atoms with van der Waals surface area (Å²) < 4.78 is 73.9. The molecule has 0 aliphatic rings. The van der Waals surface area contributed by atoms with Gasteiger partial charge in [-0.05, 0) is 55.4 Å². The highest BCUT2D eigenvalue weighted by molar-refractivity contribution is 7.92. The summed E-state index contributed by atoms with van der Waals surface area (Å²) in [5.74, 6) is -0.553. The van der Waals surface area contributed by atoms with Crippen LogP contribution in [0.5, 0.6) is 0 Å². The zero-order valence-electron chi connectivity index (χ0n) is 19.6. The highest BCUT2D eigenvalue weighted by Gasteiger charge is 2.25. The molecule has 192 valence electrons. The van der Waals surface area contributed by atoms with Gasteiger partial charge in [0.05, 0.1) is 22.5 Å². The summed E-state index contributed by atoms with van der Waals surface area (Å²) in [5.41, 5.74) is 1.18. The van der Waals surface area contributed by atoms with E-state index in [0.29, 0.717) is 25.1 Å². The lowest BCUT2D eigenvalue weighted by atomic mass is 10.1. The summed E-state index contributed by atoms with van der Waals surface area (Å²) >= 11 is 0. The number of ether oxygens (including phenoxy) is 1. The van der Waals surface area contributed by atoms with Crippen molar-refractivity contribution in [2.24, 2.45) is 0 Å². The van der Waals surface area contributed by atoms with Gasteiger partial charge in [-0.2, -0.15) is 0 Å². The maximum absolute atomic E-state index is 14.6. The minimum absolute atomic E-state index is 0. The standard InChI is InChI=1S/C23H28FN3O5S2.ClH/c1-25-16-18-14-23(21-10-4-5-11-22(21)24)27(17-18)34(30,31)20-9-6-8-19(15-20)26(33(3,28)29)12-7-13-32-2;/h4-6,8-11,14-15,17,25H,7,12-13,16H2,1-3H3;1H. The van der Waals surface area contributed by atoms with Crippen LogP contribution < -0.4 is 9.62 Å². The summed E-state index contributed by atoms with van der Waals surface area (Å²) in [6.45, 7) is 0.867. The molecule has 1 heterocycles. The molecule has 0 radical (unpaired) electrons. The molecular weight excluding hydrogens is 517 g/mol. The number of hydrogen-bond donors (Lipinski definition) is 1. The van der Waals surface area contributed by atoms with Crippen LogP contribution in [0.25, 0.3) is 11.3 Å². The number of rotatable bonds is 11. The van der Waals surface area contributed by atoms with E-state index in [9.17, 15) is 21.2 Å².